The van der Waals surface area contributed by atoms with Crippen LogP contribution in [0, 0.1) is 11.3 Å². The molecular formula is C27H22N4O. The van der Waals surface area contributed by atoms with Crippen molar-refractivity contribution in [2.24, 2.45) is 0 Å². The number of pyridine rings is 1. The highest BCUT2D eigenvalue weighted by Gasteiger charge is 2.20. The molecule has 5 heteroatoms. The van der Waals surface area contributed by atoms with Crippen molar-refractivity contribution in [1.29, 1.82) is 5.26 Å². The van der Waals surface area contributed by atoms with Crippen molar-refractivity contribution < 1.29 is 4.74 Å². The number of fused-ring (bicyclic) bond motifs is 3. The maximum Gasteiger partial charge on any atom is 0.126 e. The Bertz CT molecular complexity index is 1490. The van der Waals surface area contributed by atoms with E-state index in [0.29, 0.717) is 0 Å². The molecule has 0 amide bonds. The Morgan fingerprint density at radius 3 is 2.47 bits per heavy atom. The summed E-state index contributed by atoms with van der Waals surface area (Å²) in [5.74, 6) is 0.829. The number of nitrogens with zero attached hydrogens (tertiary/aromatic N) is 3. The quantitative estimate of drug-likeness (QED) is 0.374. The van der Waals surface area contributed by atoms with Crippen LogP contribution >= 0.6 is 0 Å². The molecule has 0 aliphatic heterocycles. The average molecular weight is 419 g/mol. The molecule has 32 heavy (non-hydrogen) atoms. The van der Waals surface area contributed by atoms with E-state index in [2.05, 4.69) is 39.4 Å². The van der Waals surface area contributed by atoms with Crippen LogP contribution in [0.5, 0.6) is 5.75 Å². The lowest BCUT2D eigenvalue weighted by Gasteiger charge is -2.15. The summed E-state index contributed by atoms with van der Waals surface area (Å²) in [5, 5.41) is 19.2. The first kappa shape index (κ1) is 19.8. The monoisotopic (exact) mass is 418 g/mol. The van der Waals surface area contributed by atoms with E-state index in [1.165, 1.54) is 0 Å². The number of aromatic nitrogens is 3. The van der Waals surface area contributed by atoms with E-state index in [4.69, 9.17) is 4.74 Å². The van der Waals surface area contributed by atoms with Gasteiger partial charge in [-0.25, -0.2) is 0 Å². The lowest BCUT2D eigenvalue weighted by atomic mass is 9.86. The largest absolute Gasteiger partial charge is 0.496 e. The number of benzene rings is 3. The van der Waals surface area contributed by atoms with E-state index in [0.717, 1.165) is 55.5 Å². The van der Waals surface area contributed by atoms with Crippen LogP contribution in [0.3, 0.4) is 0 Å². The Hall–Kier alpha value is -4.17. The van der Waals surface area contributed by atoms with Gasteiger partial charge in [-0.3, -0.25) is 10.1 Å². The Morgan fingerprint density at radius 1 is 0.969 bits per heavy atom. The molecule has 156 valence electrons. The molecule has 5 rings (SSSR count). The third kappa shape index (κ3) is 3.17. The number of nitriles is 1. The van der Waals surface area contributed by atoms with Crippen LogP contribution in [-0.4, -0.2) is 22.3 Å². The number of para-hydroxylation sites is 1. The summed E-state index contributed by atoms with van der Waals surface area (Å²) in [5.41, 5.74) is 6.17. The zero-order valence-electron chi connectivity index (χ0n) is 18.2. The SMILES string of the molecule is COc1ccccc1-c1ccc2ncc3[nH]nc(-c4ccc(C(C)(C)C#N)cc4)c3c2c1. The number of hydrogen-bond acceptors (Lipinski definition) is 4. The summed E-state index contributed by atoms with van der Waals surface area (Å²) in [4.78, 5) is 4.61. The third-order valence-corrected chi connectivity index (χ3v) is 5.97. The predicted molar refractivity (Wildman–Crippen MR) is 127 cm³/mol. The van der Waals surface area contributed by atoms with Crippen LogP contribution < -0.4 is 4.74 Å². The second kappa shape index (κ2) is 7.51. The van der Waals surface area contributed by atoms with Gasteiger partial charge in [-0.2, -0.15) is 10.4 Å². The van der Waals surface area contributed by atoms with Gasteiger partial charge in [0.15, 0.2) is 0 Å². The van der Waals surface area contributed by atoms with Crippen LogP contribution in [0.25, 0.3) is 44.2 Å². The summed E-state index contributed by atoms with van der Waals surface area (Å²) in [6.45, 7) is 3.84. The molecule has 0 fully saturated rings. The van der Waals surface area contributed by atoms with E-state index in [1.54, 1.807) is 7.11 Å². The number of hydrogen-bond donors (Lipinski definition) is 1. The number of methoxy groups -OCH3 is 1. The molecule has 3 aromatic carbocycles. The van der Waals surface area contributed by atoms with Gasteiger partial charge < -0.3 is 4.74 Å². The standard InChI is InChI=1S/C27H22N4O/c1-27(2,16-28)19-11-8-17(9-12-19)26-25-21-14-18(20-6-4-5-7-24(20)32-3)10-13-22(21)29-15-23(25)30-31-26/h4-15H,1-3H3,(H,30,31). The highest BCUT2D eigenvalue weighted by Crippen LogP contribution is 2.36. The van der Waals surface area contributed by atoms with Crippen LogP contribution in [-0.2, 0) is 5.41 Å². The molecule has 0 unspecified atom stereocenters. The molecular weight excluding hydrogens is 396 g/mol. The Kier molecular flexibility index (Phi) is 4.64. The zero-order valence-corrected chi connectivity index (χ0v) is 18.2. The van der Waals surface area contributed by atoms with E-state index < -0.39 is 5.41 Å². The minimum Gasteiger partial charge on any atom is -0.496 e. The van der Waals surface area contributed by atoms with Gasteiger partial charge in [0, 0.05) is 21.9 Å². The number of nitrogens with one attached hydrogen (secondary N) is 1. The summed E-state index contributed by atoms with van der Waals surface area (Å²) >= 11 is 0. The lowest BCUT2D eigenvalue weighted by molar-refractivity contribution is 0.416. The highest BCUT2D eigenvalue weighted by atomic mass is 16.5. The third-order valence-electron chi connectivity index (χ3n) is 5.97. The molecule has 0 radical (unpaired) electrons. The molecule has 0 saturated carbocycles. The summed E-state index contributed by atoms with van der Waals surface area (Å²) in [6, 6.07) is 24.7. The lowest BCUT2D eigenvalue weighted by Crippen LogP contribution is -2.13. The first-order chi connectivity index (χ1) is 15.5. The number of H-pyrrole nitrogens is 1. The van der Waals surface area contributed by atoms with E-state index in [1.807, 2.05) is 68.6 Å². The van der Waals surface area contributed by atoms with Gasteiger partial charge in [0.1, 0.15) is 11.4 Å². The maximum atomic E-state index is 9.43. The zero-order chi connectivity index (χ0) is 22.3. The van der Waals surface area contributed by atoms with Gasteiger partial charge in [0.2, 0.25) is 0 Å². The normalized spacial score (nSPS) is 11.6. The molecule has 2 aromatic heterocycles. The van der Waals surface area contributed by atoms with Crippen molar-refractivity contribution in [3.8, 4) is 34.2 Å². The van der Waals surface area contributed by atoms with Gasteiger partial charge in [-0.1, -0.05) is 48.5 Å². The van der Waals surface area contributed by atoms with Crippen molar-refractivity contribution in [2.75, 3.05) is 7.11 Å². The Balaban J connectivity index is 1.70. The van der Waals surface area contributed by atoms with Crippen molar-refractivity contribution in [3.05, 3.63) is 78.5 Å². The van der Waals surface area contributed by atoms with E-state index in [9.17, 15) is 5.26 Å². The molecule has 0 saturated heterocycles. The topological polar surface area (TPSA) is 74.6 Å². The minimum atomic E-state index is -0.535. The molecule has 0 bridgehead atoms. The van der Waals surface area contributed by atoms with Gasteiger partial charge >= 0.3 is 0 Å². The molecule has 0 atom stereocenters. The first-order valence-electron chi connectivity index (χ1n) is 10.4. The second-order valence-electron chi connectivity index (χ2n) is 8.37. The van der Waals surface area contributed by atoms with Gasteiger partial charge in [0.05, 0.1) is 35.8 Å². The molecule has 1 N–H and O–H groups in total. The molecule has 0 spiro atoms. The summed E-state index contributed by atoms with van der Waals surface area (Å²) < 4.78 is 5.57. The fourth-order valence-corrected chi connectivity index (χ4v) is 4.07. The average Bonchev–Trinajstić information content (AvgIpc) is 3.28. The molecule has 2 heterocycles. The first-order valence-corrected chi connectivity index (χ1v) is 10.4. The van der Waals surface area contributed by atoms with Crippen molar-refractivity contribution >= 4 is 21.8 Å². The molecule has 5 nitrogen and oxygen atoms in total. The van der Waals surface area contributed by atoms with Crippen LogP contribution in [0.1, 0.15) is 19.4 Å². The highest BCUT2D eigenvalue weighted by molar-refractivity contribution is 6.11. The van der Waals surface area contributed by atoms with E-state index in [-0.39, 0.29) is 0 Å². The number of ether oxygens (including phenoxy) is 1. The van der Waals surface area contributed by atoms with Crippen molar-refractivity contribution in [1.82, 2.24) is 15.2 Å². The fraction of sp³-hybridized carbons (Fsp3) is 0.148. The Labute approximate surface area is 186 Å². The van der Waals surface area contributed by atoms with Gasteiger partial charge in [-0.15, -0.1) is 0 Å². The summed E-state index contributed by atoms with van der Waals surface area (Å²) in [6.07, 6.45) is 1.82. The van der Waals surface area contributed by atoms with Crippen LogP contribution in [0.2, 0.25) is 0 Å². The molecule has 0 aliphatic rings. The molecule has 5 aromatic rings. The fourth-order valence-electron chi connectivity index (χ4n) is 4.07. The van der Waals surface area contributed by atoms with Crippen molar-refractivity contribution in [3.63, 3.8) is 0 Å². The van der Waals surface area contributed by atoms with Crippen molar-refractivity contribution in [2.45, 2.75) is 19.3 Å². The number of aromatic amines is 1. The summed E-state index contributed by atoms with van der Waals surface area (Å²) in [7, 11) is 1.69. The van der Waals surface area contributed by atoms with Crippen LogP contribution in [0.15, 0.2) is 72.9 Å². The maximum absolute atomic E-state index is 9.43. The van der Waals surface area contributed by atoms with Gasteiger partial charge in [0.25, 0.3) is 0 Å². The van der Waals surface area contributed by atoms with Gasteiger partial charge in [-0.05, 0) is 43.2 Å². The minimum absolute atomic E-state index is 0.535. The predicted octanol–water partition coefficient (Wildman–Crippen LogP) is 6.25. The number of rotatable bonds is 4. The Morgan fingerprint density at radius 2 is 1.72 bits per heavy atom. The van der Waals surface area contributed by atoms with E-state index >= 15 is 0 Å². The van der Waals surface area contributed by atoms with Crippen LogP contribution in [0.4, 0.5) is 0 Å². The smallest absolute Gasteiger partial charge is 0.126 e. The molecule has 0 aliphatic carbocycles. The second-order valence-corrected chi connectivity index (χ2v) is 8.37.